The van der Waals surface area contributed by atoms with Gasteiger partial charge in [-0.2, -0.15) is 18.4 Å². The molecule has 1 N–H and O–H groups in total. The van der Waals surface area contributed by atoms with Gasteiger partial charge < -0.3 is 10.2 Å². The van der Waals surface area contributed by atoms with Crippen LogP contribution in [0.4, 0.5) is 18.9 Å². The van der Waals surface area contributed by atoms with Gasteiger partial charge in [-0.15, -0.1) is 0 Å². The topological polar surface area (TPSA) is 56.1 Å². The van der Waals surface area contributed by atoms with E-state index in [4.69, 9.17) is 5.26 Å². The maximum atomic E-state index is 12.7. The molecule has 0 heterocycles. The fourth-order valence-electron chi connectivity index (χ4n) is 1.88. The second kappa shape index (κ2) is 6.97. The standard InChI is InChI=1S/C14H16F3N3O/c1-3-19-13(21)9-20(4-2)11-5-6-12(14(15,16)17)10(7-11)8-18/h5-7H,3-4,9H2,1-2H3,(H,19,21). The number of carbonyl (C=O) groups excluding carboxylic acids is 1. The highest BCUT2D eigenvalue weighted by Crippen LogP contribution is 2.33. The molecule has 0 spiro atoms. The molecule has 0 aliphatic carbocycles. The zero-order chi connectivity index (χ0) is 16.0. The summed E-state index contributed by atoms with van der Waals surface area (Å²) in [5.74, 6) is -0.224. The number of anilines is 1. The van der Waals surface area contributed by atoms with Crippen LogP contribution in [0.15, 0.2) is 18.2 Å². The van der Waals surface area contributed by atoms with Crippen molar-refractivity contribution in [3.05, 3.63) is 29.3 Å². The number of nitriles is 1. The van der Waals surface area contributed by atoms with Crippen molar-refractivity contribution in [1.82, 2.24) is 5.32 Å². The fourth-order valence-corrected chi connectivity index (χ4v) is 1.88. The quantitative estimate of drug-likeness (QED) is 0.909. The van der Waals surface area contributed by atoms with E-state index in [1.807, 2.05) is 0 Å². The molecule has 1 rings (SSSR count). The Balaban J connectivity index is 3.08. The van der Waals surface area contributed by atoms with E-state index in [0.29, 0.717) is 18.8 Å². The number of nitrogens with zero attached hydrogens (tertiary/aromatic N) is 2. The molecule has 1 aromatic carbocycles. The molecule has 0 aromatic heterocycles. The van der Waals surface area contributed by atoms with E-state index >= 15 is 0 Å². The Labute approximate surface area is 121 Å². The summed E-state index contributed by atoms with van der Waals surface area (Å²) in [6.07, 6.45) is -4.57. The van der Waals surface area contributed by atoms with Gasteiger partial charge in [-0.1, -0.05) is 0 Å². The number of carbonyl (C=O) groups is 1. The van der Waals surface area contributed by atoms with Crippen LogP contribution < -0.4 is 10.2 Å². The Kier molecular flexibility index (Phi) is 5.59. The van der Waals surface area contributed by atoms with E-state index in [1.165, 1.54) is 6.07 Å². The Hall–Kier alpha value is -2.23. The average Bonchev–Trinajstić information content (AvgIpc) is 2.43. The summed E-state index contributed by atoms with van der Waals surface area (Å²) in [6.45, 7) is 4.50. The minimum Gasteiger partial charge on any atom is -0.362 e. The number of benzene rings is 1. The molecule has 0 atom stereocenters. The minimum absolute atomic E-state index is 0.0283. The highest BCUT2D eigenvalue weighted by atomic mass is 19.4. The number of amides is 1. The van der Waals surface area contributed by atoms with Crippen LogP contribution in [-0.4, -0.2) is 25.5 Å². The zero-order valence-corrected chi connectivity index (χ0v) is 11.8. The molecule has 7 heteroatoms. The van der Waals surface area contributed by atoms with Gasteiger partial charge in [0.1, 0.15) is 0 Å². The second-order valence-electron chi connectivity index (χ2n) is 4.31. The first kappa shape index (κ1) is 16.8. The van der Waals surface area contributed by atoms with Gasteiger partial charge in [0.25, 0.3) is 0 Å². The summed E-state index contributed by atoms with van der Waals surface area (Å²) >= 11 is 0. The smallest absolute Gasteiger partial charge is 0.362 e. The molecule has 0 radical (unpaired) electrons. The number of hydrogen-bond donors (Lipinski definition) is 1. The molecule has 0 aliphatic rings. The SMILES string of the molecule is CCNC(=O)CN(CC)c1ccc(C(F)(F)F)c(C#N)c1. The number of hydrogen-bond acceptors (Lipinski definition) is 3. The van der Waals surface area contributed by atoms with Crippen LogP contribution in [0.5, 0.6) is 0 Å². The van der Waals surface area contributed by atoms with Crippen LogP contribution in [0.3, 0.4) is 0 Å². The Morgan fingerprint density at radius 3 is 2.52 bits per heavy atom. The third-order valence-corrected chi connectivity index (χ3v) is 2.88. The molecule has 1 aromatic rings. The Morgan fingerprint density at radius 2 is 2.05 bits per heavy atom. The first-order valence-electron chi connectivity index (χ1n) is 6.46. The van der Waals surface area contributed by atoms with Crippen LogP contribution in [0.1, 0.15) is 25.0 Å². The predicted octanol–water partition coefficient (Wildman–Crippen LogP) is 2.54. The van der Waals surface area contributed by atoms with E-state index in [-0.39, 0.29) is 12.5 Å². The molecule has 0 unspecified atom stereocenters. The van der Waals surface area contributed by atoms with Crippen molar-refractivity contribution in [3.8, 4) is 6.07 Å². The van der Waals surface area contributed by atoms with Crippen molar-refractivity contribution in [3.63, 3.8) is 0 Å². The molecular weight excluding hydrogens is 283 g/mol. The van der Waals surface area contributed by atoms with Gasteiger partial charge >= 0.3 is 6.18 Å². The van der Waals surface area contributed by atoms with E-state index in [1.54, 1.807) is 24.8 Å². The number of likely N-dealkylation sites (N-methyl/N-ethyl adjacent to an activating group) is 2. The normalized spacial score (nSPS) is 10.9. The van der Waals surface area contributed by atoms with Gasteiger partial charge in [-0.05, 0) is 32.0 Å². The second-order valence-corrected chi connectivity index (χ2v) is 4.31. The third-order valence-electron chi connectivity index (χ3n) is 2.88. The van der Waals surface area contributed by atoms with Crippen molar-refractivity contribution in [1.29, 1.82) is 5.26 Å². The monoisotopic (exact) mass is 299 g/mol. The van der Waals surface area contributed by atoms with Crippen LogP contribution >= 0.6 is 0 Å². The van der Waals surface area contributed by atoms with Crippen molar-refractivity contribution in [2.75, 3.05) is 24.5 Å². The molecule has 0 saturated heterocycles. The molecule has 0 fully saturated rings. The van der Waals surface area contributed by atoms with Gasteiger partial charge in [0.2, 0.25) is 5.91 Å². The maximum Gasteiger partial charge on any atom is 0.417 e. The summed E-state index contributed by atoms with van der Waals surface area (Å²) in [6, 6.07) is 4.85. The summed E-state index contributed by atoms with van der Waals surface area (Å²) in [5, 5.41) is 11.5. The largest absolute Gasteiger partial charge is 0.417 e. The van der Waals surface area contributed by atoms with Gasteiger partial charge in [-0.3, -0.25) is 4.79 Å². The third kappa shape index (κ3) is 4.38. The van der Waals surface area contributed by atoms with Crippen LogP contribution in [0.2, 0.25) is 0 Å². The highest BCUT2D eigenvalue weighted by molar-refractivity contribution is 5.81. The lowest BCUT2D eigenvalue weighted by molar-refractivity contribution is -0.137. The van der Waals surface area contributed by atoms with Crippen molar-refractivity contribution >= 4 is 11.6 Å². The molecule has 0 bridgehead atoms. The lowest BCUT2D eigenvalue weighted by Crippen LogP contribution is -2.37. The maximum absolute atomic E-state index is 12.7. The van der Waals surface area contributed by atoms with Crippen molar-refractivity contribution < 1.29 is 18.0 Å². The molecule has 21 heavy (non-hydrogen) atoms. The minimum atomic E-state index is -4.57. The molecular formula is C14H16F3N3O. The zero-order valence-electron chi connectivity index (χ0n) is 11.8. The van der Waals surface area contributed by atoms with Gasteiger partial charge in [0.15, 0.2) is 0 Å². The van der Waals surface area contributed by atoms with Gasteiger partial charge in [0.05, 0.1) is 23.7 Å². The molecule has 0 saturated carbocycles. The fraction of sp³-hybridized carbons (Fsp3) is 0.429. The van der Waals surface area contributed by atoms with Gasteiger partial charge in [0, 0.05) is 18.8 Å². The van der Waals surface area contributed by atoms with Crippen LogP contribution in [0, 0.1) is 11.3 Å². The average molecular weight is 299 g/mol. The number of alkyl halides is 3. The Morgan fingerprint density at radius 1 is 1.38 bits per heavy atom. The van der Waals surface area contributed by atoms with E-state index < -0.39 is 17.3 Å². The van der Waals surface area contributed by atoms with Crippen LogP contribution in [0.25, 0.3) is 0 Å². The van der Waals surface area contributed by atoms with Crippen LogP contribution in [-0.2, 0) is 11.0 Å². The number of nitrogens with one attached hydrogen (secondary N) is 1. The summed E-state index contributed by atoms with van der Waals surface area (Å²) < 4.78 is 38.2. The first-order chi connectivity index (χ1) is 9.83. The molecule has 1 amide bonds. The molecule has 0 aliphatic heterocycles. The summed E-state index contributed by atoms with van der Waals surface area (Å²) in [5.41, 5.74) is -1.01. The van der Waals surface area contributed by atoms with E-state index in [9.17, 15) is 18.0 Å². The lowest BCUT2D eigenvalue weighted by atomic mass is 10.1. The van der Waals surface area contributed by atoms with Crippen molar-refractivity contribution in [2.24, 2.45) is 0 Å². The number of rotatable bonds is 5. The highest BCUT2D eigenvalue weighted by Gasteiger charge is 2.33. The van der Waals surface area contributed by atoms with Gasteiger partial charge in [-0.25, -0.2) is 0 Å². The lowest BCUT2D eigenvalue weighted by Gasteiger charge is -2.23. The predicted molar refractivity (Wildman–Crippen MR) is 72.7 cm³/mol. The first-order valence-corrected chi connectivity index (χ1v) is 6.46. The van der Waals surface area contributed by atoms with E-state index in [2.05, 4.69) is 5.32 Å². The Bertz CT molecular complexity index is 549. The van der Waals surface area contributed by atoms with Crippen molar-refractivity contribution in [2.45, 2.75) is 20.0 Å². The summed E-state index contributed by atoms with van der Waals surface area (Å²) in [7, 11) is 0. The molecule has 4 nitrogen and oxygen atoms in total. The number of halogens is 3. The summed E-state index contributed by atoms with van der Waals surface area (Å²) in [4.78, 5) is 13.2. The van der Waals surface area contributed by atoms with E-state index in [0.717, 1.165) is 12.1 Å². The molecule has 114 valence electrons.